The van der Waals surface area contributed by atoms with Crippen LogP contribution in [0.4, 0.5) is 11.5 Å². The Kier molecular flexibility index (Phi) is 5.11. The molecule has 7 nitrogen and oxygen atoms in total. The number of hydrogen-bond acceptors (Lipinski definition) is 6. The summed E-state index contributed by atoms with van der Waals surface area (Å²) in [4.78, 5) is 8.90. The topological polar surface area (TPSA) is 89.3 Å². The summed E-state index contributed by atoms with van der Waals surface area (Å²) in [5.41, 5.74) is 2.01. The third kappa shape index (κ3) is 3.49. The number of piperazine rings is 1. The zero-order valence-corrected chi connectivity index (χ0v) is 15.6. The Bertz CT molecular complexity index is 944. The minimum atomic E-state index is -3.51. The summed E-state index contributed by atoms with van der Waals surface area (Å²) in [6, 6.07) is 13.0. The molecule has 0 bridgehead atoms. The molecular weight excluding hydrogens is 350 g/mol. The van der Waals surface area contributed by atoms with Crippen LogP contribution in [0.3, 0.4) is 0 Å². The van der Waals surface area contributed by atoms with Crippen LogP contribution < -0.4 is 14.5 Å². The highest BCUT2D eigenvalue weighted by Gasteiger charge is 2.24. The van der Waals surface area contributed by atoms with Crippen molar-refractivity contribution in [3.05, 3.63) is 47.7 Å². The van der Waals surface area contributed by atoms with Crippen molar-refractivity contribution >= 4 is 21.5 Å². The van der Waals surface area contributed by atoms with E-state index in [1.807, 2.05) is 31.2 Å². The molecule has 1 aliphatic heterocycles. The van der Waals surface area contributed by atoms with Gasteiger partial charge in [0.05, 0.1) is 5.69 Å². The molecule has 1 saturated heterocycles. The van der Waals surface area contributed by atoms with Gasteiger partial charge in [-0.1, -0.05) is 18.2 Å². The SMILES string of the molecule is CNS(=O)(=O)c1ccccc1N1CCN(c2ccc(C)c(C#N)n2)CC1. The molecule has 0 atom stereocenters. The first-order chi connectivity index (χ1) is 12.5. The van der Waals surface area contributed by atoms with Crippen molar-refractivity contribution in [2.24, 2.45) is 0 Å². The van der Waals surface area contributed by atoms with E-state index in [4.69, 9.17) is 5.26 Å². The van der Waals surface area contributed by atoms with Crippen LogP contribution in [0.15, 0.2) is 41.3 Å². The highest BCUT2D eigenvalue weighted by molar-refractivity contribution is 7.89. The van der Waals surface area contributed by atoms with Gasteiger partial charge >= 0.3 is 0 Å². The number of rotatable bonds is 4. The molecular formula is C18H21N5O2S. The van der Waals surface area contributed by atoms with Gasteiger partial charge in [-0.25, -0.2) is 18.1 Å². The first-order valence-electron chi connectivity index (χ1n) is 8.36. The molecule has 26 heavy (non-hydrogen) atoms. The number of pyridine rings is 1. The maximum Gasteiger partial charge on any atom is 0.242 e. The number of nitrogens with one attached hydrogen (secondary N) is 1. The fraction of sp³-hybridized carbons (Fsp3) is 0.333. The number of para-hydroxylation sites is 1. The molecule has 2 heterocycles. The van der Waals surface area contributed by atoms with Gasteiger partial charge in [0, 0.05) is 26.2 Å². The lowest BCUT2D eigenvalue weighted by Gasteiger charge is -2.37. The van der Waals surface area contributed by atoms with Gasteiger partial charge in [-0.2, -0.15) is 5.26 Å². The molecule has 0 radical (unpaired) electrons. The molecule has 0 saturated carbocycles. The first kappa shape index (κ1) is 18.2. The lowest BCUT2D eigenvalue weighted by Crippen LogP contribution is -2.47. The third-order valence-corrected chi connectivity index (χ3v) is 6.02. The van der Waals surface area contributed by atoms with E-state index in [0.717, 1.165) is 11.4 Å². The molecule has 136 valence electrons. The average Bonchev–Trinajstić information content (AvgIpc) is 2.68. The van der Waals surface area contributed by atoms with Crippen LogP contribution in [0.2, 0.25) is 0 Å². The quantitative estimate of drug-likeness (QED) is 0.876. The van der Waals surface area contributed by atoms with Gasteiger partial charge < -0.3 is 9.80 Å². The molecule has 1 aromatic carbocycles. The van der Waals surface area contributed by atoms with E-state index < -0.39 is 10.0 Å². The van der Waals surface area contributed by atoms with Crippen LogP contribution in [0.5, 0.6) is 0 Å². The monoisotopic (exact) mass is 371 g/mol. The zero-order valence-electron chi connectivity index (χ0n) is 14.8. The largest absolute Gasteiger partial charge is 0.367 e. The second kappa shape index (κ2) is 7.32. The molecule has 8 heteroatoms. The van der Waals surface area contributed by atoms with Gasteiger partial charge in [-0.3, -0.25) is 0 Å². The molecule has 0 spiro atoms. The summed E-state index contributed by atoms with van der Waals surface area (Å²) in [6.45, 7) is 4.62. The molecule has 0 aliphatic carbocycles. The predicted molar refractivity (Wildman–Crippen MR) is 101 cm³/mol. The molecule has 1 aromatic heterocycles. The second-order valence-corrected chi connectivity index (χ2v) is 7.95. The number of benzene rings is 1. The number of sulfonamides is 1. The summed E-state index contributed by atoms with van der Waals surface area (Å²) in [6.07, 6.45) is 0. The number of hydrogen-bond donors (Lipinski definition) is 1. The van der Waals surface area contributed by atoms with Crippen molar-refractivity contribution < 1.29 is 8.42 Å². The standard InChI is InChI=1S/C18H21N5O2S/c1-14-7-8-18(21-15(14)13-19)23-11-9-22(10-12-23)16-5-3-4-6-17(16)26(24,25)20-2/h3-8,20H,9-12H2,1-2H3. The fourth-order valence-corrected chi connectivity index (χ4v) is 3.99. The molecule has 3 rings (SSSR count). The van der Waals surface area contributed by atoms with Crippen LogP contribution in [0.25, 0.3) is 0 Å². The van der Waals surface area contributed by atoms with E-state index in [1.165, 1.54) is 7.05 Å². The second-order valence-electron chi connectivity index (χ2n) is 6.10. The van der Waals surface area contributed by atoms with Crippen LogP contribution in [-0.4, -0.2) is 46.6 Å². The summed E-state index contributed by atoms with van der Waals surface area (Å²) < 4.78 is 26.9. The van der Waals surface area contributed by atoms with Crippen molar-refractivity contribution in [3.63, 3.8) is 0 Å². The third-order valence-electron chi connectivity index (χ3n) is 4.56. The molecule has 1 aliphatic rings. The lowest BCUT2D eigenvalue weighted by atomic mass is 10.2. The Morgan fingerprint density at radius 2 is 1.73 bits per heavy atom. The minimum Gasteiger partial charge on any atom is -0.367 e. The summed E-state index contributed by atoms with van der Waals surface area (Å²) in [5, 5.41) is 9.16. The number of aryl methyl sites for hydroxylation is 1. The zero-order chi connectivity index (χ0) is 18.7. The van der Waals surface area contributed by atoms with Gasteiger partial charge in [0.15, 0.2) is 0 Å². The average molecular weight is 371 g/mol. The Balaban J connectivity index is 1.79. The van der Waals surface area contributed by atoms with E-state index in [2.05, 4.69) is 25.6 Å². The Labute approximate surface area is 153 Å². The molecule has 0 unspecified atom stereocenters. The maximum absolute atomic E-state index is 12.3. The van der Waals surface area contributed by atoms with Crippen LogP contribution in [0, 0.1) is 18.3 Å². The van der Waals surface area contributed by atoms with E-state index in [-0.39, 0.29) is 4.90 Å². The van der Waals surface area contributed by atoms with Crippen molar-refractivity contribution in [3.8, 4) is 6.07 Å². The number of anilines is 2. The summed E-state index contributed by atoms with van der Waals surface area (Å²) >= 11 is 0. The van der Waals surface area contributed by atoms with E-state index >= 15 is 0 Å². The van der Waals surface area contributed by atoms with Crippen molar-refractivity contribution in [1.82, 2.24) is 9.71 Å². The number of nitriles is 1. The molecule has 0 amide bonds. The molecule has 1 fully saturated rings. The number of nitrogens with zero attached hydrogens (tertiary/aromatic N) is 4. The van der Waals surface area contributed by atoms with Gasteiger partial charge in [0.25, 0.3) is 0 Å². The molecule has 1 N–H and O–H groups in total. The normalized spacial score (nSPS) is 15.0. The van der Waals surface area contributed by atoms with Crippen molar-refractivity contribution in [1.29, 1.82) is 5.26 Å². The fourth-order valence-electron chi connectivity index (χ4n) is 3.04. The van der Waals surface area contributed by atoms with Crippen molar-refractivity contribution in [2.45, 2.75) is 11.8 Å². The highest BCUT2D eigenvalue weighted by Crippen LogP contribution is 2.26. The minimum absolute atomic E-state index is 0.288. The predicted octanol–water partition coefficient (Wildman–Crippen LogP) is 1.50. The van der Waals surface area contributed by atoms with Gasteiger partial charge in [-0.05, 0) is 37.7 Å². The van der Waals surface area contributed by atoms with Crippen molar-refractivity contribution in [2.75, 3.05) is 43.0 Å². The Morgan fingerprint density at radius 1 is 1.08 bits per heavy atom. The Hall–Kier alpha value is -2.63. The highest BCUT2D eigenvalue weighted by atomic mass is 32.2. The summed E-state index contributed by atoms with van der Waals surface area (Å²) in [5.74, 6) is 0.780. The number of aromatic nitrogens is 1. The lowest BCUT2D eigenvalue weighted by molar-refractivity contribution is 0.586. The van der Waals surface area contributed by atoms with Crippen LogP contribution >= 0.6 is 0 Å². The smallest absolute Gasteiger partial charge is 0.242 e. The maximum atomic E-state index is 12.3. The first-order valence-corrected chi connectivity index (χ1v) is 9.85. The van der Waals surface area contributed by atoms with E-state index in [9.17, 15) is 8.42 Å². The van der Waals surface area contributed by atoms with Gasteiger partial charge in [-0.15, -0.1) is 0 Å². The van der Waals surface area contributed by atoms with E-state index in [1.54, 1.807) is 12.1 Å². The van der Waals surface area contributed by atoms with E-state index in [0.29, 0.717) is 37.6 Å². The van der Waals surface area contributed by atoms with Gasteiger partial charge in [0.1, 0.15) is 22.5 Å². The summed E-state index contributed by atoms with van der Waals surface area (Å²) in [7, 11) is -2.09. The Morgan fingerprint density at radius 3 is 2.38 bits per heavy atom. The molecule has 2 aromatic rings. The van der Waals surface area contributed by atoms with Crippen LogP contribution in [-0.2, 0) is 10.0 Å². The van der Waals surface area contributed by atoms with Gasteiger partial charge in [0.2, 0.25) is 10.0 Å². The van der Waals surface area contributed by atoms with Crippen LogP contribution in [0.1, 0.15) is 11.3 Å².